The fourth-order valence-corrected chi connectivity index (χ4v) is 3.66. The van der Waals surface area contributed by atoms with E-state index in [1.165, 1.54) is 31.3 Å². The molecule has 21 heavy (non-hydrogen) atoms. The van der Waals surface area contributed by atoms with Gasteiger partial charge >= 0.3 is 5.97 Å². The maximum Gasteiger partial charge on any atom is 0.337 e. The van der Waals surface area contributed by atoms with Crippen molar-refractivity contribution in [3.05, 3.63) is 58.6 Å². The molecule has 2 aromatic carbocycles. The Morgan fingerprint density at radius 2 is 1.81 bits per heavy atom. The van der Waals surface area contributed by atoms with E-state index in [9.17, 15) is 13.2 Å². The van der Waals surface area contributed by atoms with Crippen molar-refractivity contribution in [1.82, 2.24) is 0 Å². The number of nitrogens with zero attached hydrogens (tertiary/aromatic N) is 1. The molecule has 0 saturated carbocycles. The summed E-state index contributed by atoms with van der Waals surface area (Å²) in [5.74, 6) is -1.18. The number of carbonyl (C=O) groups is 1. The van der Waals surface area contributed by atoms with E-state index in [-0.39, 0.29) is 16.1 Å². The predicted molar refractivity (Wildman–Crippen MR) is 83.1 cm³/mol. The Kier molecular flexibility index (Phi) is 4.34. The van der Waals surface area contributed by atoms with Gasteiger partial charge in [-0.05, 0) is 30.3 Å². The third-order valence-electron chi connectivity index (χ3n) is 2.93. The van der Waals surface area contributed by atoms with Crippen molar-refractivity contribution in [3.63, 3.8) is 0 Å². The van der Waals surface area contributed by atoms with E-state index in [1.54, 1.807) is 24.3 Å². The van der Waals surface area contributed by atoms with Crippen molar-refractivity contribution in [2.75, 3.05) is 11.4 Å². The van der Waals surface area contributed by atoms with E-state index in [4.69, 9.17) is 5.11 Å². The van der Waals surface area contributed by atoms with Crippen molar-refractivity contribution in [3.8, 4) is 0 Å². The second kappa shape index (κ2) is 5.87. The zero-order chi connectivity index (χ0) is 15.6. The molecule has 2 rings (SSSR count). The van der Waals surface area contributed by atoms with Crippen molar-refractivity contribution in [2.45, 2.75) is 4.90 Å². The summed E-state index contributed by atoms with van der Waals surface area (Å²) in [5.41, 5.74) is 0.0450. The lowest BCUT2D eigenvalue weighted by Gasteiger charge is -2.21. The van der Waals surface area contributed by atoms with Crippen molar-refractivity contribution in [1.29, 1.82) is 0 Å². The number of carboxylic acids is 1. The summed E-state index contributed by atoms with van der Waals surface area (Å²) in [5, 5.41) is 9.17. The molecule has 5 nitrogen and oxygen atoms in total. The molecular formula is C14H12BrNO4S. The topological polar surface area (TPSA) is 74.7 Å². The molecule has 1 N–H and O–H groups in total. The number of sulfonamides is 1. The third-order valence-corrected chi connectivity index (χ3v) is 5.19. The van der Waals surface area contributed by atoms with Gasteiger partial charge in [-0.15, -0.1) is 0 Å². The van der Waals surface area contributed by atoms with E-state index in [0.717, 1.165) is 4.31 Å². The average molecular weight is 370 g/mol. The Labute approximate surface area is 131 Å². The van der Waals surface area contributed by atoms with Crippen LogP contribution >= 0.6 is 15.9 Å². The standard InChI is InChI=1S/C14H12BrNO4S/c1-16(13-8-3-2-7-12(13)14(17)18)21(19,20)11-6-4-5-10(15)9-11/h2-9H,1H3,(H,17,18). The van der Waals surface area contributed by atoms with Crippen molar-refractivity contribution in [2.24, 2.45) is 0 Å². The van der Waals surface area contributed by atoms with Crippen LogP contribution in [-0.2, 0) is 10.0 Å². The van der Waals surface area contributed by atoms with Crippen LogP contribution in [-0.4, -0.2) is 26.5 Å². The van der Waals surface area contributed by atoms with E-state index in [2.05, 4.69) is 15.9 Å². The second-order valence-corrected chi connectivity index (χ2v) is 7.14. The van der Waals surface area contributed by atoms with Gasteiger partial charge < -0.3 is 5.11 Å². The molecular weight excluding hydrogens is 358 g/mol. The highest BCUT2D eigenvalue weighted by Crippen LogP contribution is 2.26. The van der Waals surface area contributed by atoms with Crippen LogP contribution in [0.2, 0.25) is 0 Å². The van der Waals surface area contributed by atoms with E-state index >= 15 is 0 Å². The highest BCUT2D eigenvalue weighted by molar-refractivity contribution is 9.10. The normalized spacial score (nSPS) is 11.1. The molecule has 110 valence electrons. The lowest BCUT2D eigenvalue weighted by atomic mass is 10.2. The molecule has 0 aliphatic rings. The first-order valence-corrected chi connectivity index (χ1v) is 8.14. The number of hydrogen-bond donors (Lipinski definition) is 1. The summed E-state index contributed by atoms with van der Waals surface area (Å²) in [7, 11) is -2.50. The molecule has 0 radical (unpaired) electrons. The summed E-state index contributed by atoms with van der Waals surface area (Å²) in [6, 6.07) is 12.2. The zero-order valence-electron chi connectivity index (χ0n) is 11.0. The fraction of sp³-hybridized carbons (Fsp3) is 0.0714. The van der Waals surface area contributed by atoms with Gasteiger partial charge in [-0.1, -0.05) is 34.1 Å². The highest BCUT2D eigenvalue weighted by Gasteiger charge is 2.24. The van der Waals surface area contributed by atoms with Gasteiger partial charge in [0.05, 0.1) is 16.1 Å². The minimum Gasteiger partial charge on any atom is -0.478 e. The molecule has 0 atom stereocenters. The molecule has 0 bridgehead atoms. The molecule has 0 fully saturated rings. The number of para-hydroxylation sites is 1. The van der Waals surface area contributed by atoms with Crippen LogP contribution in [0.1, 0.15) is 10.4 Å². The van der Waals surface area contributed by atoms with Crippen LogP contribution in [0.15, 0.2) is 57.9 Å². The minimum atomic E-state index is -3.83. The molecule has 0 aliphatic carbocycles. The van der Waals surface area contributed by atoms with E-state index in [0.29, 0.717) is 4.47 Å². The van der Waals surface area contributed by atoms with E-state index in [1.807, 2.05) is 0 Å². The molecule has 0 unspecified atom stereocenters. The van der Waals surface area contributed by atoms with Crippen molar-refractivity contribution >= 4 is 37.6 Å². The molecule has 7 heteroatoms. The SMILES string of the molecule is CN(c1ccccc1C(=O)O)S(=O)(=O)c1cccc(Br)c1. The number of anilines is 1. The minimum absolute atomic E-state index is 0.0708. The van der Waals surface area contributed by atoms with Crippen LogP contribution in [0.5, 0.6) is 0 Å². The third kappa shape index (κ3) is 3.08. The molecule has 0 aliphatic heterocycles. The first-order chi connectivity index (χ1) is 9.84. The smallest absolute Gasteiger partial charge is 0.337 e. The summed E-state index contributed by atoms with van der Waals surface area (Å²) in [6.07, 6.45) is 0. The molecule has 0 heterocycles. The van der Waals surface area contributed by atoms with Gasteiger partial charge in [-0.3, -0.25) is 4.31 Å². The second-order valence-electron chi connectivity index (χ2n) is 4.25. The summed E-state index contributed by atoms with van der Waals surface area (Å²) in [4.78, 5) is 11.3. The monoisotopic (exact) mass is 369 g/mol. The lowest BCUT2D eigenvalue weighted by Crippen LogP contribution is -2.28. The van der Waals surface area contributed by atoms with Gasteiger partial charge in [-0.2, -0.15) is 0 Å². The predicted octanol–water partition coefficient (Wildman–Crippen LogP) is 2.97. The molecule has 0 spiro atoms. The quantitative estimate of drug-likeness (QED) is 0.898. The Morgan fingerprint density at radius 1 is 1.14 bits per heavy atom. The van der Waals surface area contributed by atoms with Crippen molar-refractivity contribution < 1.29 is 18.3 Å². The van der Waals surface area contributed by atoms with Crippen LogP contribution in [0.25, 0.3) is 0 Å². The van der Waals surface area contributed by atoms with E-state index < -0.39 is 16.0 Å². The number of benzene rings is 2. The van der Waals surface area contributed by atoms with Crippen LogP contribution in [0.3, 0.4) is 0 Å². The first kappa shape index (κ1) is 15.5. The number of rotatable bonds is 4. The average Bonchev–Trinajstić information content (AvgIpc) is 2.46. The van der Waals surface area contributed by atoms with Gasteiger partial charge in [0.2, 0.25) is 0 Å². The highest BCUT2D eigenvalue weighted by atomic mass is 79.9. The maximum absolute atomic E-state index is 12.6. The van der Waals surface area contributed by atoms with Gasteiger partial charge in [0, 0.05) is 11.5 Å². The Balaban J connectivity index is 2.54. The Bertz CT molecular complexity index is 789. The van der Waals surface area contributed by atoms with Crippen LogP contribution in [0.4, 0.5) is 5.69 Å². The fourth-order valence-electron chi connectivity index (χ4n) is 1.84. The largest absolute Gasteiger partial charge is 0.478 e. The van der Waals surface area contributed by atoms with Gasteiger partial charge in [0.25, 0.3) is 10.0 Å². The van der Waals surface area contributed by atoms with Gasteiger partial charge in [-0.25, -0.2) is 13.2 Å². The maximum atomic E-state index is 12.6. The number of aromatic carboxylic acids is 1. The number of carboxylic acid groups (broad SMARTS) is 1. The molecule has 2 aromatic rings. The zero-order valence-corrected chi connectivity index (χ0v) is 13.4. The summed E-state index contributed by atoms with van der Waals surface area (Å²) >= 11 is 3.22. The first-order valence-electron chi connectivity index (χ1n) is 5.91. The molecule has 0 amide bonds. The lowest BCUT2D eigenvalue weighted by molar-refractivity contribution is 0.0698. The number of halogens is 1. The van der Waals surface area contributed by atoms with Crippen LogP contribution < -0.4 is 4.31 Å². The van der Waals surface area contributed by atoms with Crippen LogP contribution in [0, 0.1) is 0 Å². The molecule has 0 aromatic heterocycles. The Morgan fingerprint density at radius 3 is 2.43 bits per heavy atom. The summed E-state index contributed by atoms with van der Waals surface area (Å²) in [6.45, 7) is 0. The van der Waals surface area contributed by atoms with Gasteiger partial charge in [0.1, 0.15) is 0 Å². The summed E-state index contributed by atoms with van der Waals surface area (Å²) < 4.78 is 26.7. The van der Waals surface area contributed by atoms with Gasteiger partial charge in [0.15, 0.2) is 0 Å². The molecule has 0 saturated heterocycles. The number of hydrogen-bond acceptors (Lipinski definition) is 3. The Hall–Kier alpha value is -1.86.